The van der Waals surface area contributed by atoms with Crippen LogP contribution in [0.15, 0.2) is 17.0 Å². The average Bonchev–Trinajstić information content (AvgIpc) is 2.95. The van der Waals surface area contributed by atoms with Crippen LogP contribution in [0.3, 0.4) is 0 Å². The molecule has 2 aliphatic heterocycles. The van der Waals surface area contributed by atoms with Crippen molar-refractivity contribution in [3.8, 4) is 5.75 Å². The van der Waals surface area contributed by atoms with Crippen molar-refractivity contribution in [1.82, 2.24) is 4.31 Å². The average molecular weight is 312 g/mol. The fraction of sp³-hybridized carbons (Fsp3) is 0.571. The lowest BCUT2D eigenvalue weighted by Crippen LogP contribution is -2.38. The van der Waals surface area contributed by atoms with Crippen LogP contribution < -0.4 is 10.5 Å². The van der Waals surface area contributed by atoms with Gasteiger partial charge >= 0.3 is 0 Å². The van der Waals surface area contributed by atoms with Crippen LogP contribution in [-0.4, -0.2) is 43.6 Å². The molecular formula is C14H20N2O4S. The molecule has 1 atom stereocenters. The second kappa shape index (κ2) is 5.47. The third-order valence-electron chi connectivity index (χ3n) is 4.11. The number of ether oxygens (including phenoxy) is 1. The molecule has 1 aromatic carbocycles. The van der Waals surface area contributed by atoms with Crippen LogP contribution in [0, 0.1) is 0 Å². The van der Waals surface area contributed by atoms with Crippen LogP contribution in [-0.2, 0) is 16.4 Å². The quantitative estimate of drug-likeness (QED) is 0.803. The molecule has 3 rings (SSSR count). The molecule has 0 spiro atoms. The van der Waals surface area contributed by atoms with Crippen LogP contribution in [0.5, 0.6) is 5.75 Å². The molecule has 0 aromatic heterocycles. The maximum absolute atomic E-state index is 12.9. The molecule has 0 bridgehead atoms. The summed E-state index contributed by atoms with van der Waals surface area (Å²) >= 11 is 0. The van der Waals surface area contributed by atoms with E-state index >= 15 is 0 Å². The maximum Gasteiger partial charge on any atom is 0.247 e. The monoisotopic (exact) mass is 312 g/mol. The van der Waals surface area contributed by atoms with Crippen LogP contribution in [0.25, 0.3) is 0 Å². The van der Waals surface area contributed by atoms with Crippen molar-refractivity contribution in [3.05, 3.63) is 17.7 Å². The van der Waals surface area contributed by atoms with Gasteiger partial charge in [-0.2, -0.15) is 4.31 Å². The van der Waals surface area contributed by atoms with Gasteiger partial charge in [-0.05, 0) is 43.4 Å². The topological polar surface area (TPSA) is 92.9 Å². The minimum Gasteiger partial charge on any atom is -0.492 e. The number of hydrogen-bond donors (Lipinski definition) is 2. The van der Waals surface area contributed by atoms with E-state index in [1.165, 1.54) is 10.4 Å². The van der Waals surface area contributed by atoms with Gasteiger partial charge in [0.2, 0.25) is 10.0 Å². The Balaban J connectivity index is 2.08. The van der Waals surface area contributed by atoms with E-state index < -0.39 is 10.0 Å². The van der Waals surface area contributed by atoms with Crippen molar-refractivity contribution >= 4 is 15.7 Å². The molecule has 0 radical (unpaired) electrons. The number of nitrogen functional groups attached to an aromatic ring is 1. The van der Waals surface area contributed by atoms with Gasteiger partial charge in [-0.3, -0.25) is 0 Å². The third-order valence-corrected chi connectivity index (χ3v) is 6.07. The molecule has 0 amide bonds. The van der Waals surface area contributed by atoms with Gasteiger partial charge in [-0.25, -0.2) is 8.42 Å². The second-order valence-corrected chi connectivity index (χ2v) is 7.41. The van der Waals surface area contributed by atoms with Crippen molar-refractivity contribution in [1.29, 1.82) is 0 Å². The molecule has 0 unspecified atom stereocenters. The Morgan fingerprint density at radius 3 is 2.95 bits per heavy atom. The smallest absolute Gasteiger partial charge is 0.247 e. The summed E-state index contributed by atoms with van der Waals surface area (Å²) in [5, 5.41) is 9.38. The fourth-order valence-electron chi connectivity index (χ4n) is 3.10. The molecule has 0 saturated carbocycles. The van der Waals surface area contributed by atoms with Crippen molar-refractivity contribution in [2.24, 2.45) is 0 Å². The lowest BCUT2D eigenvalue weighted by molar-refractivity contribution is 0.213. The Morgan fingerprint density at radius 2 is 2.19 bits per heavy atom. The third kappa shape index (κ3) is 2.49. The molecule has 2 aliphatic rings. The number of hydrogen-bond acceptors (Lipinski definition) is 5. The first-order valence-corrected chi connectivity index (χ1v) is 8.66. The van der Waals surface area contributed by atoms with Gasteiger partial charge in [0.05, 0.1) is 13.2 Å². The van der Waals surface area contributed by atoms with E-state index in [0.717, 1.165) is 24.8 Å². The Hall–Kier alpha value is -1.31. The summed E-state index contributed by atoms with van der Waals surface area (Å²) in [6.45, 7) is 0.782. The Morgan fingerprint density at radius 1 is 1.38 bits per heavy atom. The second-order valence-electron chi connectivity index (χ2n) is 5.55. The number of aliphatic hydroxyl groups excluding tert-OH is 1. The summed E-state index contributed by atoms with van der Waals surface area (Å²) in [6.07, 6.45) is 3.07. The first-order valence-electron chi connectivity index (χ1n) is 7.22. The molecule has 2 heterocycles. The molecule has 3 N–H and O–H groups in total. The van der Waals surface area contributed by atoms with Crippen LogP contribution >= 0.6 is 0 Å². The summed E-state index contributed by atoms with van der Waals surface area (Å²) in [5.74, 6) is 0.430. The summed E-state index contributed by atoms with van der Waals surface area (Å²) in [7, 11) is -3.70. The number of aliphatic hydroxyl groups is 1. The highest BCUT2D eigenvalue weighted by Crippen LogP contribution is 2.37. The Labute approximate surface area is 124 Å². The van der Waals surface area contributed by atoms with Crippen LogP contribution in [0.2, 0.25) is 0 Å². The Kier molecular flexibility index (Phi) is 3.81. The standard InChI is InChI=1S/C14H20N2O4S/c15-11-7-10-3-2-6-20-14(10)13(8-11)21(18,19)16-5-1-4-12(16)9-17/h7-8,12,17H,1-6,9,15H2/t12-/m1/s1. The largest absolute Gasteiger partial charge is 0.492 e. The van der Waals surface area contributed by atoms with E-state index in [0.29, 0.717) is 31.0 Å². The number of nitrogens with zero attached hydrogens (tertiary/aromatic N) is 1. The molecule has 6 nitrogen and oxygen atoms in total. The predicted octanol–water partition coefficient (Wildman–Crippen LogP) is 0.739. The molecule has 1 aromatic rings. The predicted molar refractivity (Wildman–Crippen MR) is 78.7 cm³/mol. The lowest BCUT2D eigenvalue weighted by atomic mass is 10.1. The van der Waals surface area contributed by atoms with Crippen molar-refractivity contribution in [2.75, 3.05) is 25.5 Å². The molecule has 116 valence electrons. The van der Waals surface area contributed by atoms with Crippen LogP contribution in [0.4, 0.5) is 5.69 Å². The van der Waals surface area contributed by atoms with Gasteiger partial charge in [-0.15, -0.1) is 0 Å². The van der Waals surface area contributed by atoms with Crippen molar-refractivity contribution < 1.29 is 18.3 Å². The van der Waals surface area contributed by atoms with E-state index in [2.05, 4.69) is 0 Å². The van der Waals surface area contributed by atoms with Gasteiger partial charge < -0.3 is 15.6 Å². The van der Waals surface area contributed by atoms with Gasteiger partial charge in [0.25, 0.3) is 0 Å². The Bertz CT molecular complexity index is 645. The molecular weight excluding hydrogens is 292 g/mol. The summed E-state index contributed by atoms with van der Waals surface area (Å²) < 4.78 is 32.8. The number of nitrogens with two attached hydrogens (primary N) is 1. The van der Waals surface area contributed by atoms with E-state index in [1.54, 1.807) is 6.07 Å². The number of rotatable bonds is 3. The fourth-order valence-corrected chi connectivity index (χ4v) is 4.99. The zero-order valence-corrected chi connectivity index (χ0v) is 12.6. The first kappa shape index (κ1) is 14.6. The number of anilines is 1. The zero-order valence-electron chi connectivity index (χ0n) is 11.8. The minimum atomic E-state index is -3.70. The highest BCUT2D eigenvalue weighted by atomic mass is 32.2. The molecule has 21 heavy (non-hydrogen) atoms. The number of sulfonamides is 1. The van der Waals surface area contributed by atoms with E-state index in [9.17, 15) is 13.5 Å². The molecule has 1 fully saturated rings. The minimum absolute atomic E-state index is 0.137. The summed E-state index contributed by atoms with van der Waals surface area (Å²) in [4.78, 5) is 0.137. The van der Waals surface area contributed by atoms with E-state index in [1.807, 2.05) is 0 Å². The van der Waals surface area contributed by atoms with Crippen molar-refractivity contribution in [3.63, 3.8) is 0 Å². The van der Waals surface area contributed by atoms with Crippen molar-refractivity contribution in [2.45, 2.75) is 36.6 Å². The summed E-state index contributed by atoms with van der Waals surface area (Å²) in [6, 6.07) is 2.89. The molecule has 1 saturated heterocycles. The first-order chi connectivity index (χ1) is 10.0. The highest BCUT2D eigenvalue weighted by molar-refractivity contribution is 7.89. The zero-order chi connectivity index (χ0) is 15.0. The number of benzene rings is 1. The van der Waals surface area contributed by atoms with Gasteiger partial charge in [0, 0.05) is 18.3 Å². The van der Waals surface area contributed by atoms with E-state index in [4.69, 9.17) is 10.5 Å². The number of aryl methyl sites for hydroxylation is 1. The maximum atomic E-state index is 12.9. The van der Waals surface area contributed by atoms with Gasteiger partial charge in [-0.1, -0.05) is 0 Å². The highest BCUT2D eigenvalue weighted by Gasteiger charge is 2.37. The lowest BCUT2D eigenvalue weighted by Gasteiger charge is -2.26. The van der Waals surface area contributed by atoms with E-state index in [-0.39, 0.29) is 17.5 Å². The SMILES string of the molecule is Nc1cc2c(c(S(=O)(=O)N3CCC[C@@H]3CO)c1)OCCC2. The molecule has 7 heteroatoms. The van der Waals surface area contributed by atoms with Gasteiger partial charge in [0.1, 0.15) is 10.6 Å². The summed E-state index contributed by atoms with van der Waals surface area (Å²) in [5.41, 5.74) is 7.13. The number of fused-ring (bicyclic) bond motifs is 1. The van der Waals surface area contributed by atoms with Crippen LogP contribution in [0.1, 0.15) is 24.8 Å². The molecule has 0 aliphatic carbocycles. The van der Waals surface area contributed by atoms with Gasteiger partial charge in [0.15, 0.2) is 0 Å². The normalized spacial score (nSPS) is 22.8.